The summed E-state index contributed by atoms with van der Waals surface area (Å²) in [5.74, 6) is 0.799. The first kappa shape index (κ1) is 17.2. The zero-order valence-corrected chi connectivity index (χ0v) is 15.7. The van der Waals surface area contributed by atoms with Crippen LogP contribution < -0.4 is 10.3 Å². The van der Waals surface area contributed by atoms with Crippen molar-refractivity contribution in [3.05, 3.63) is 69.6 Å². The maximum absolute atomic E-state index is 13.1. The SMILES string of the molecule is COc1cccc(-n2c(C)c3cnn(-c4ncccn4)c(=O)c3c2C)c1Cl. The second kappa shape index (κ2) is 6.51. The van der Waals surface area contributed by atoms with E-state index < -0.39 is 0 Å². The average Bonchev–Trinajstić information content (AvgIpc) is 2.94. The van der Waals surface area contributed by atoms with Crippen LogP contribution >= 0.6 is 11.6 Å². The molecule has 3 aromatic heterocycles. The molecule has 1 aromatic carbocycles. The first-order valence-corrected chi connectivity index (χ1v) is 8.62. The fraction of sp³-hybridized carbons (Fsp3) is 0.158. The lowest BCUT2D eigenvalue weighted by atomic mass is 10.2. The van der Waals surface area contributed by atoms with Crippen LogP contribution in [0.3, 0.4) is 0 Å². The van der Waals surface area contributed by atoms with E-state index in [4.69, 9.17) is 16.3 Å². The Kier molecular flexibility index (Phi) is 4.16. The summed E-state index contributed by atoms with van der Waals surface area (Å²) in [4.78, 5) is 21.3. The second-order valence-corrected chi connectivity index (χ2v) is 6.38. The lowest BCUT2D eigenvalue weighted by Crippen LogP contribution is -2.22. The van der Waals surface area contributed by atoms with Crippen LogP contribution in [0.15, 0.2) is 47.7 Å². The van der Waals surface area contributed by atoms with Gasteiger partial charge in [0.15, 0.2) is 0 Å². The Morgan fingerprint density at radius 2 is 1.81 bits per heavy atom. The van der Waals surface area contributed by atoms with E-state index in [-0.39, 0.29) is 11.5 Å². The fourth-order valence-corrected chi connectivity index (χ4v) is 3.58. The van der Waals surface area contributed by atoms with Gasteiger partial charge in [-0.25, -0.2) is 9.97 Å². The number of ether oxygens (including phenoxy) is 1. The molecule has 0 saturated heterocycles. The largest absolute Gasteiger partial charge is 0.495 e. The first-order chi connectivity index (χ1) is 13.0. The third-order valence-electron chi connectivity index (χ3n) is 4.55. The molecule has 0 saturated carbocycles. The molecule has 7 nitrogen and oxygen atoms in total. The van der Waals surface area contributed by atoms with Gasteiger partial charge < -0.3 is 9.30 Å². The lowest BCUT2D eigenvalue weighted by Gasteiger charge is -2.13. The molecule has 0 unspecified atom stereocenters. The van der Waals surface area contributed by atoms with Crippen molar-refractivity contribution in [2.24, 2.45) is 0 Å². The van der Waals surface area contributed by atoms with E-state index in [0.717, 1.165) is 22.5 Å². The Morgan fingerprint density at radius 3 is 2.52 bits per heavy atom. The molecular weight excluding hydrogens is 366 g/mol. The number of halogens is 1. The molecule has 27 heavy (non-hydrogen) atoms. The molecule has 0 fully saturated rings. The molecule has 4 aromatic rings. The zero-order valence-electron chi connectivity index (χ0n) is 15.0. The number of methoxy groups -OCH3 is 1. The molecule has 8 heteroatoms. The van der Waals surface area contributed by atoms with Crippen molar-refractivity contribution in [2.45, 2.75) is 13.8 Å². The number of rotatable bonds is 3. The highest BCUT2D eigenvalue weighted by molar-refractivity contribution is 6.34. The minimum Gasteiger partial charge on any atom is -0.495 e. The van der Waals surface area contributed by atoms with E-state index in [1.165, 1.54) is 4.68 Å². The summed E-state index contributed by atoms with van der Waals surface area (Å²) in [6.45, 7) is 3.80. The molecule has 136 valence electrons. The van der Waals surface area contributed by atoms with Crippen LogP contribution in [0.1, 0.15) is 11.4 Å². The summed E-state index contributed by atoms with van der Waals surface area (Å²) in [7, 11) is 1.57. The summed E-state index contributed by atoms with van der Waals surface area (Å²) >= 11 is 6.52. The average molecular weight is 382 g/mol. The second-order valence-electron chi connectivity index (χ2n) is 6.00. The van der Waals surface area contributed by atoms with Gasteiger partial charge in [-0.15, -0.1) is 0 Å². The molecule has 3 heterocycles. The maximum atomic E-state index is 13.1. The van der Waals surface area contributed by atoms with Crippen LogP contribution in [-0.4, -0.2) is 31.4 Å². The standard InChI is InChI=1S/C19H16ClN5O2/c1-11-13-10-23-25(19-21-8-5-9-22-19)18(26)16(13)12(2)24(11)14-6-4-7-15(27-3)17(14)20/h4-10H,1-3H3. The van der Waals surface area contributed by atoms with E-state index in [9.17, 15) is 4.79 Å². The summed E-state index contributed by atoms with van der Waals surface area (Å²) in [6, 6.07) is 7.22. The molecule has 0 bridgehead atoms. The highest BCUT2D eigenvalue weighted by Gasteiger charge is 2.20. The van der Waals surface area contributed by atoms with Gasteiger partial charge in [0.25, 0.3) is 11.5 Å². The molecule has 0 radical (unpaired) electrons. The molecule has 0 N–H and O–H groups in total. The summed E-state index contributed by atoms with van der Waals surface area (Å²) < 4.78 is 8.46. The van der Waals surface area contributed by atoms with Crippen molar-refractivity contribution in [3.8, 4) is 17.4 Å². The Balaban J connectivity index is 2.03. The van der Waals surface area contributed by atoms with E-state index in [1.807, 2.05) is 30.5 Å². The number of fused-ring (bicyclic) bond motifs is 1. The van der Waals surface area contributed by atoms with Crippen LogP contribution in [0.25, 0.3) is 22.4 Å². The van der Waals surface area contributed by atoms with E-state index in [1.54, 1.807) is 37.8 Å². The Morgan fingerprint density at radius 1 is 1.07 bits per heavy atom. The number of hydrogen-bond acceptors (Lipinski definition) is 5. The van der Waals surface area contributed by atoms with Gasteiger partial charge in [0, 0.05) is 29.2 Å². The molecular formula is C19H16ClN5O2. The molecule has 0 amide bonds. The molecule has 0 aliphatic rings. The number of hydrogen-bond donors (Lipinski definition) is 0. The van der Waals surface area contributed by atoms with Crippen molar-refractivity contribution < 1.29 is 4.74 Å². The summed E-state index contributed by atoms with van der Waals surface area (Å²) in [5, 5.41) is 6.03. The van der Waals surface area contributed by atoms with Crippen LogP contribution in [-0.2, 0) is 0 Å². The van der Waals surface area contributed by atoms with Crippen molar-refractivity contribution in [2.75, 3.05) is 7.11 Å². The summed E-state index contributed by atoms with van der Waals surface area (Å²) in [5.41, 5.74) is 2.08. The van der Waals surface area contributed by atoms with Crippen LogP contribution in [0, 0.1) is 13.8 Å². The lowest BCUT2D eigenvalue weighted by molar-refractivity contribution is 0.415. The molecule has 0 aliphatic heterocycles. The zero-order chi connectivity index (χ0) is 19.1. The van der Waals surface area contributed by atoms with E-state index in [2.05, 4.69) is 15.1 Å². The van der Waals surface area contributed by atoms with Crippen molar-refractivity contribution in [1.82, 2.24) is 24.3 Å². The van der Waals surface area contributed by atoms with Gasteiger partial charge in [0.05, 0.1) is 24.4 Å². The van der Waals surface area contributed by atoms with Gasteiger partial charge >= 0.3 is 0 Å². The van der Waals surface area contributed by atoms with Gasteiger partial charge in [-0.2, -0.15) is 9.78 Å². The van der Waals surface area contributed by atoms with Crippen LogP contribution in [0.4, 0.5) is 0 Å². The predicted molar refractivity (Wildman–Crippen MR) is 103 cm³/mol. The Labute approximate surface area is 159 Å². The number of aromatic nitrogens is 5. The molecule has 0 aliphatic carbocycles. The van der Waals surface area contributed by atoms with Crippen molar-refractivity contribution >= 4 is 22.4 Å². The smallest absolute Gasteiger partial charge is 0.283 e. The van der Waals surface area contributed by atoms with E-state index >= 15 is 0 Å². The fourth-order valence-electron chi connectivity index (χ4n) is 3.30. The normalized spacial score (nSPS) is 11.1. The van der Waals surface area contributed by atoms with Crippen LogP contribution in [0.5, 0.6) is 5.75 Å². The van der Waals surface area contributed by atoms with E-state index in [0.29, 0.717) is 16.2 Å². The van der Waals surface area contributed by atoms with Gasteiger partial charge in [0.2, 0.25) is 0 Å². The van der Waals surface area contributed by atoms with Crippen LogP contribution in [0.2, 0.25) is 5.02 Å². The quantitative estimate of drug-likeness (QED) is 0.544. The Hall–Kier alpha value is -3.19. The predicted octanol–water partition coefficient (Wildman–Crippen LogP) is 3.25. The minimum absolute atomic E-state index is 0.230. The third-order valence-corrected chi connectivity index (χ3v) is 4.93. The highest BCUT2D eigenvalue weighted by atomic mass is 35.5. The highest BCUT2D eigenvalue weighted by Crippen LogP contribution is 2.34. The summed E-state index contributed by atoms with van der Waals surface area (Å²) in [6.07, 6.45) is 4.79. The van der Waals surface area contributed by atoms with Gasteiger partial charge in [0.1, 0.15) is 10.8 Å². The Bertz CT molecular complexity index is 1210. The van der Waals surface area contributed by atoms with Gasteiger partial charge in [-0.3, -0.25) is 4.79 Å². The van der Waals surface area contributed by atoms with Crippen molar-refractivity contribution in [3.63, 3.8) is 0 Å². The molecule has 0 atom stereocenters. The first-order valence-electron chi connectivity index (χ1n) is 8.24. The minimum atomic E-state index is -0.280. The van der Waals surface area contributed by atoms with Gasteiger partial charge in [-0.05, 0) is 32.0 Å². The maximum Gasteiger partial charge on any atom is 0.283 e. The monoisotopic (exact) mass is 381 g/mol. The topological polar surface area (TPSA) is 74.8 Å². The third kappa shape index (κ3) is 2.59. The molecule has 0 spiro atoms. The number of aryl methyl sites for hydroxylation is 2. The number of nitrogens with zero attached hydrogens (tertiary/aromatic N) is 5. The molecule has 4 rings (SSSR count). The van der Waals surface area contributed by atoms with Gasteiger partial charge in [-0.1, -0.05) is 17.7 Å². The van der Waals surface area contributed by atoms with Crippen molar-refractivity contribution in [1.29, 1.82) is 0 Å². The number of benzene rings is 1.